The van der Waals surface area contributed by atoms with Crippen LogP contribution in [0.1, 0.15) is 15.9 Å². The highest BCUT2D eigenvalue weighted by atomic mass is 79.9. The molecule has 8 nitrogen and oxygen atoms in total. The SMILES string of the molecule is O=C(CSc1cccc(NC(=O)/C(=C/c2ccc(Br)cc2)NC(=O)c2ccccc2)c1)Nc1ccc(-c2nc3ccccc3o2)cc1. The molecule has 0 fully saturated rings. The van der Waals surface area contributed by atoms with Crippen LogP contribution in [-0.2, 0) is 9.59 Å². The van der Waals surface area contributed by atoms with Gasteiger partial charge in [0.15, 0.2) is 5.58 Å². The van der Waals surface area contributed by atoms with Crippen molar-refractivity contribution in [3.8, 4) is 11.5 Å². The third-order valence-corrected chi connectivity index (χ3v) is 8.40. The van der Waals surface area contributed by atoms with Gasteiger partial charge in [0, 0.05) is 31.9 Å². The summed E-state index contributed by atoms with van der Waals surface area (Å²) in [6, 6.07) is 38.1. The molecule has 0 aliphatic carbocycles. The van der Waals surface area contributed by atoms with E-state index in [1.165, 1.54) is 11.8 Å². The molecule has 0 bridgehead atoms. The summed E-state index contributed by atoms with van der Waals surface area (Å²) >= 11 is 4.75. The van der Waals surface area contributed by atoms with Gasteiger partial charge >= 0.3 is 0 Å². The summed E-state index contributed by atoms with van der Waals surface area (Å²) in [5, 5.41) is 8.52. The molecule has 0 atom stereocenters. The van der Waals surface area contributed by atoms with Crippen LogP contribution in [-0.4, -0.2) is 28.5 Å². The number of benzene rings is 5. The fraction of sp³-hybridized carbons (Fsp3) is 0.0270. The van der Waals surface area contributed by atoms with Crippen LogP contribution in [0.3, 0.4) is 0 Å². The molecule has 0 saturated heterocycles. The maximum atomic E-state index is 13.4. The molecule has 0 saturated carbocycles. The van der Waals surface area contributed by atoms with Gasteiger partial charge in [0.1, 0.15) is 11.2 Å². The molecule has 3 amide bonds. The Hall–Kier alpha value is -5.45. The summed E-state index contributed by atoms with van der Waals surface area (Å²) in [7, 11) is 0. The monoisotopic (exact) mass is 702 g/mol. The molecule has 10 heteroatoms. The van der Waals surface area contributed by atoms with Crippen molar-refractivity contribution in [2.24, 2.45) is 0 Å². The molecule has 3 N–H and O–H groups in total. The Morgan fingerprint density at radius 3 is 2.28 bits per heavy atom. The lowest BCUT2D eigenvalue weighted by Gasteiger charge is -2.12. The summed E-state index contributed by atoms with van der Waals surface area (Å²) in [6.45, 7) is 0. The van der Waals surface area contributed by atoms with E-state index in [0.29, 0.717) is 28.4 Å². The molecule has 232 valence electrons. The Kier molecular flexibility index (Phi) is 9.90. The van der Waals surface area contributed by atoms with Crippen LogP contribution in [0.2, 0.25) is 0 Å². The van der Waals surface area contributed by atoms with E-state index in [2.05, 4.69) is 36.9 Å². The van der Waals surface area contributed by atoms with Crippen LogP contribution in [0.5, 0.6) is 0 Å². The predicted octanol–water partition coefficient (Wildman–Crippen LogP) is 8.40. The first-order valence-electron chi connectivity index (χ1n) is 14.5. The number of oxazole rings is 1. The van der Waals surface area contributed by atoms with Crippen molar-refractivity contribution in [1.82, 2.24) is 10.3 Å². The van der Waals surface area contributed by atoms with Gasteiger partial charge in [-0.25, -0.2) is 4.98 Å². The molecular formula is C37H27BrN4O4S. The molecule has 0 spiro atoms. The lowest BCUT2D eigenvalue weighted by molar-refractivity contribution is -0.114. The topological polar surface area (TPSA) is 113 Å². The lowest BCUT2D eigenvalue weighted by Crippen LogP contribution is -2.30. The van der Waals surface area contributed by atoms with Crippen molar-refractivity contribution >= 4 is 74.0 Å². The third kappa shape index (κ3) is 8.43. The number of carbonyl (C=O) groups excluding carboxylic acids is 3. The largest absolute Gasteiger partial charge is 0.436 e. The Labute approximate surface area is 283 Å². The summed E-state index contributed by atoms with van der Waals surface area (Å²) in [6.07, 6.45) is 1.62. The molecular weight excluding hydrogens is 676 g/mol. The molecule has 1 aromatic heterocycles. The zero-order valence-electron chi connectivity index (χ0n) is 24.8. The number of halogens is 1. The number of amides is 3. The molecule has 5 aromatic carbocycles. The number of nitrogens with one attached hydrogen (secondary N) is 3. The zero-order chi connectivity index (χ0) is 32.6. The van der Waals surface area contributed by atoms with Crippen LogP contribution in [0.15, 0.2) is 147 Å². The summed E-state index contributed by atoms with van der Waals surface area (Å²) in [5.74, 6) is -0.395. The van der Waals surface area contributed by atoms with E-state index in [4.69, 9.17) is 4.42 Å². The lowest BCUT2D eigenvalue weighted by atomic mass is 10.1. The van der Waals surface area contributed by atoms with Crippen molar-refractivity contribution < 1.29 is 18.8 Å². The Bertz CT molecular complexity index is 2050. The number of thioether (sulfide) groups is 1. The number of aromatic nitrogens is 1. The number of nitrogens with zero attached hydrogens (tertiary/aromatic N) is 1. The highest BCUT2D eigenvalue weighted by molar-refractivity contribution is 9.10. The van der Waals surface area contributed by atoms with Crippen molar-refractivity contribution in [1.29, 1.82) is 0 Å². The first-order chi connectivity index (χ1) is 22.9. The van der Waals surface area contributed by atoms with Gasteiger partial charge in [-0.1, -0.05) is 64.5 Å². The fourth-order valence-corrected chi connectivity index (χ4v) is 5.59. The average molecular weight is 704 g/mol. The Morgan fingerprint density at radius 1 is 0.766 bits per heavy atom. The predicted molar refractivity (Wildman–Crippen MR) is 190 cm³/mol. The van der Waals surface area contributed by atoms with Crippen LogP contribution in [0.25, 0.3) is 28.6 Å². The highest BCUT2D eigenvalue weighted by Crippen LogP contribution is 2.26. The normalized spacial score (nSPS) is 11.2. The zero-order valence-corrected chi connectivity index (χ0v) is 27.2. The fourth-order valence-electron chi connectivity index (χ4n) is 4.57. The highest BCUT2D eigenvalue weighted by Gasteiger charge is 2.16. The van der Waals surface area contributed by atoms with Gasteiger partial charge in [0.05, 0.1) is 5.75 Å². The van der Waals surface area contributed by atoms with E-state index in [0.717, 1.165) is 26.0 Å². The second-order valence-electron chi connectivity index (χ2n) is 10.3. The minimum absolute atomic E-state index is 0.0840. The van der Waals surface area contributed by atoms with Gasteiger partial charge in [-0.3, -0.25) is 14.4 Å². The third-order valence-electron chi connectivity index (χ3n) is 6.88. The minimum Gasteiger partial charge on any atom is -0.436 e. The number of carbonyl (C=O) groups is 3. The van der Waals surface area contributed by atoms with Crippen LogP contribution < -0.4 is 16.0 Å². The van der Waals surface area contributed by atoms with E-state index >= 15 is 0 Å². The van der Waals surface area contributed by atoms with Crippen LogP contribution >= 0.6 is 27.7 Å². The van der Waals surface area contributed by atoms with Gasteiger partial charge in [0.25, 0.3) is 11.8 Å². The van der Waals surface area contributed by atoms with Gasteiger partial charge in [0.2, 0.25) is 11.8 Å². The van der Waals surface area contributed by atoms with E-state index in [-0.39, 0.29) is 17.4 Å². The van der Waals surface area contributed by atoms with Crippen molar-refractivity contribution in [2.75, 3.05) is 16.4 Å². The molecule has 6 rings (SSSR count). The molecule has 0 aliphatic heterocycles. The molecule has 6 aromatic rings. The van der Waals surface area contributed by atoms with Crippen molar-refractivity contribution in [3.05, 3.63) is 149 Å². The van der Waals surface area contributed by atoms with E-state index in [1.54, 1.807) is 60.7 Å². The van der Waals surface area contributed by atoms with Gasteiger partial charge in [-0.2, -0.15) is 0 Å². The Morgan fingerprint density at radius 2 is 1.51 bits per heavy atom. The van der Waals surface area contributed by atoms with Crippen LogP contribution in [0, 0.1) is 0 Å². The number of fused-ring (bicyclic) bond motifs is 1. The molecule has 1 heterocycles. The van der Waals surface area contributed by atoms with Gasteiger partial charge < -0.3 is 20.4 Å². The first kappa shape index (κ1) is 31.5. The quantitative estimate of drug-likeness (QED) is 0.0976. The second kappa shape index (κ2) is 14.8. The van der Waals surface area contributed by atoms with Crippen LogP contribution in [0.4, 0.5) is 11.4 Å². The smallest absolute Gasteiger partial charge is 0.272 e. The maximum Gasteiger partial charge on any atom is 0.272 e. The molecule has 0 unspecified atom stereocenters. The van der Waals surface area contributed by atoms with E-state index < -0.39 is 11.8 Å². The molecule has 0 aliphatic rings. The standard InChI is InChI=1S/C37H27BrN4O4S/c38-27-17-13-24(14-18-27)21-32(41-35(44)25-7-2-1-3-8-25)36(45)40-29-9-6-10-30(22-29)47-23-34(43)39-28-19-15-26(16-20-28)37-42-31-11-4-5-12-33(31)46-37/h1-22H,23H2,(H,39,43)(H,40,45)(H,41,44)/b32-21-. The van der Waals surface area contributed by atoms with Gasteiger partial charge in [-0.15, -0.1) is 11.8 Å². The van der Waals surface area contributed by atoms with E-state index in [1.807, 2.05) is 72.8 Å². The number of rotatable bonds is 10. The van der Waals surface area contributed by atoms with E-state index in [9.17, 15) is 14.4 Å². The summed E-state index contributed by atoms with van der Waals surface area (Å²) in [5.41, 5.74) is 4.73. The average Bonchev–Trinajstić information content (AvgIpc) is 3.53. The maximum absolute atomic E-state index is 13.4. The summed E-state index contributed by atoms with van der Waals surface area (Å²) in [4.78, 5) is 44.4. The molecule has 0 radical (unpaired) electrons. The number of hydrogen-bond acceptors (Lipinski definition) is 6. The summed E-state index contributed by atoms with van der Waals surface area (Å²) < 4.78 is 6.72. The second-order valence-corrected chi connectivity index (χ2v) is 12.3. The number of para-hydroxylation sites is 2. The van der Waals surface area contributed by atoms with Gasteiger partial charge in [-0.05, 0) is 90.5 Å². The minimum atomic E-state index is -0.488. The Balaban J connectivity index is 1.07. The molecule has 47 heavy (non-hydrogen) atoms. The first-order valence-corrected chi connectivity index (χ1v) is 16.3. The van der Waals surface area contributed by atoms with Crippen molar-refractivity contribution in [3.63, 3.8) is 0 Å². The number of anilines is 2. The van der Waals surface area contributed by atoms with Crippen molar-refractivity contribution in [2.45, 2.75) is 4.90 Å². The number of hydrogen-bond donors (Lipinski definition) is 3.